The molecule has 2 aliphatic rings. The SMILES string of the molecule is Cc1ccc(-n2nc3c(N4CCCC(C(=O)NCCC5=CCCCC5)C4)nnc(C)c3c2C)cc1. The highest BCUT2D eigenvalue weighted by Crippen LogP contribution is 2.31. The highest BCUT2D eigenvalue weighted by atomic mass is 16.1. The summed E-state index contributed by atoms with van der Waals surface area (Å²) >= 11 is 0. The molecule has 1 saturated heterocycles. The van der Waals surface area contributed by atoms with Crippen LogP contribution in [-0.4, -0.2) is 45.5 Å². The smallest absolute Gasteiger partial charge is 0.224 e. The van der Waals surface area contributed by atoms with Crippen LogP contribution in [0.1, 0.15) is 61.9 Å². The van der Waals surface area contributed by atoms with E-state index in [1.807, 2.05) is 11.6 Å². The van der Waals surface area contributed by atoms with Crippen LogP contribution in [0.5, 0.6) is 0 Å². The van der Waals surface area contributed by atoms with Crippen LogP contribution in [0.15, 0.2) is 35.9 Å². The number of hydrogen-bond acceptors (Lipinski definition) is 5. The van der Waals surface area contributed by atoms with E-state index >= 15 is 0 Å². The molecule has 7 heteroatoms. The Morgan fingerprint density at radius 3 is 2.69 bits per heavy atom. The van der Waals surface area contributed by atoms with Gasteiger partial charge in [0.2, 0.25) is 5.91 Å². The van der Waals surface area contributed by atoms with Crippen molar-refractivity contribution < 1.29 is 4.79 Å². The third-order valence-corrected chi connectivity index (χ3v) is 7.49. The molecule has 184 valence electrons. The van der Waals surface area contributed by atoms with Gasteiger partial charge < -0.3 is 10.2 Å². The molecule has 1 fully saturated rings. The van der Waals surface area contributed by atoms with Gasteiger partial charge in [0, 0.05) is 19.6 Å². The molecular formula is C28H36N6O. The predicted octanol–water partition coefficient (Wildman–Crippen LogP) is 4.96. The Morgan fingerprint density at radius 2 is 1.91 bits per heavy atom. The number of aryl methyl sites for hydroxylation is 3. The first-order valence-corrected chi connectivity index (χ1v) is 13.0. The zero-order valence-corrected chi connectivity index (χ0v) is 21.2. The molecule has 0 radical (unpaired) electrons. The van der Waals surface area contributed by atoms with Crippen LogP contribution in [-0.2, 0) is 4.79 Å². The number of amides is 1. The van der Waals surface area contributed by atoms with Crippen molar-refractivity contribution >= 4 is 22.6 Å². The van der Waals surface area contributed by atoms with E-state index in [-0.39, 0.29) is 11.8 Å². The first-order chi connectivity index (χ1) is 17.0. The quantitative estimate of drug-likeness (QED) is 0.513. The molecule has 1 aromatic carbocycles. The van der Waals surface area contributed by atoms with E-state index in [1.54, 1.807) is 0 Å². The van der Waals surface area contributed by atoms with Crippen molar-refractivity contribution in [1.82, 2.24) is 25.3 Å². The van der Waals surface area contributed by atoms with Gasteiger partial charge in [-0.05, 0) is 77.8 Å². The number of allylic oxidation sites excluding steroid dienone is 1. The fourth-order valence-electron chi connectivity index (χ4n) is 5.47. The summed E-state index contributed by atoms with van der Waals surface area (Å²) in [6.45, 7) is 8.40. The minimum atomic E-state index is -0.0393. The number of nitrogens with one attached hydrogen (secondary N) is 1. The average Bonchev–Trinajstić information content (AvgIpc) is 3.23. The van der Waals surface area contributed by atoms with E-state index in [4.69, 9.17) is 5.10 Å². The molecule has 1 atom stereocenters. The third-order valence-electron chi connectivity index (χ3n) is 7.49. The van der Waals surface area contributed by atoms with Gasteiger partial charge in [0.15, 0.2) is 5.82 Å². The summed E-state index contributed by atoms with van der Waals surface area (Å²) < 4.78 is 1.98. The van der Waals surface area contributed by atoms with Crippen LogP contribution in [0.2, 0.25) is 0 Å². The number of aromatic nitrogens is 4. The summed E-state index contributed by atoms with van der Waals surface area (Å²) in [5, 5.41) is 18.3. The van der Waals surface area contributed by atoms with Gasteiger partial charge in [-0.25, -0.2) is 4.68 Å². The lowest BCUT2D eigenvalue weighted by Gasteiger charge is -2.32. The number of piperidine rings is 1. The fraction of sp³-hybridized carbons (Fsp3) is 0.500. The summed E-state index contributed by atoms with van der Waals surface area (Å²) in [6, 6.07) is 8.39. The van der Waals surface area contributed by atoms with Crippen molar-refractivity contribution in [3.63, 3.8) is 0 Å². The van der Waals surface area contributed by atoms with Gasteiger partial charge in [-0.15, -0.1) is 5.10 Å². The van der Waals surface area contributed by atoms with Crippen LogP contribution < -0.4 is 10.2 Å². The molecule has 35 heavy (non-hydrogen) atoms. The Bertz CT molecular complexity index is 1240. The summed E-state index contributed by atoms with van der Waals surface area (Å²) in [4.78, 5) is 15.2. The molecule has 3 aromatic rings. The standard InChI is InChI=1S/C28H36N6O/c1-19-11-13-24(14-12-19)34-21(3)25-20(2)30-31-27(26(25)32-34)33-17-7-10-23(18-33)28(35)29-16-15-22-8-5-4-6-9-22/h8,11-14,23H,4-7,9-10,15-18H2,1-3H3,(H,29,35). The van der Waals surface area contributed by atoms with Crippen LogP contribution in [0.3, 0.4) is 0 Å². The first-order valence-electron chi connectivity index (χ1n) is 13.0. The monoisotopic (exact) mass is 472 g/mol. The first kappa shape index (κ1) is 23.5. The number of nitrogens with zero attached hydrogens (tertiary/aromatic N) is 5. The molecule has 0 saturated carbocycles. The highest BCUT2D eigenvalue weighted by molar-refractivity contribution is 5.92. The molecule has 1 amide bonds. The maximum Gasteiger partial charge on any atom is 0.224 e. The Hall–Kier alpha value is -3.22. The van der Waals surface area contributed by atoms with Gasteiger partial charge in [0.1, 0.15) is 5.52 Å². The summed E-state index contributed by atoms with van der Waals surface area (Å²) in [6.07, 6.45) is 10.1. The number of anilines is 1. The number of rotatable bonds is 6. The predicted molar refractivity (Wildman–Crippen MR) is 140 cm³/mol. The van der Waals surface area contributed by atoms with E-state index in [0.29, 0.717) is 6.54 Å². The zero-order valence-electron chi connectivity index (χ0n) is 21.2. The molecule has 1 N–H and O–H groups in total. The Balaban J connectivity index is 1.34. The average molecular weight is 473 g/mol. The lowest BCUT2D eigenvalue weighted by Crippen LogP contribution is -2.43. The lowest BCUT2D eigenvalue weighted by atomic mass is 9.96. The lowest BCUT2D eigenvalue weighted by molar-refractivity contribution is -0.125. The number of carbonyl (C=O) groups is 1. The van der Waals surface area contributed by atoms with Gasteiger partial charge in [0.05, 0.1) is 28.4 Å². The van der Waals surface area contributed by atoms with Crippen LogP contribution in [0, 0.1) is 26.7 Å². The second-order valence-electron chi connectivity index (χ2n) is 10.1. The molecule has 0 bridgehead atoms. The third kappa shape index (κ3) is 4.95. The summed E-state index contributed by atoms with van der Waals surface area (Å²) in [5.74, 6) is 0.899. The van der Waals surface area contributed by atoms with Crippen LogP contribution in [0.4, 0.5) is 5.82 Å². The van der Waals surface area contributed by atoms with Crippen molar-refractivity contribution in [3.05, 3.63) is 52.9 Å². The van der Waals surface area contributed by atoms with Crippen LogP contribution in [0.25, 0.3) is 16.6 Å². The Morgan fingerprint density at radius 1 is 1.09 bits per heavy atom. The molecule has 3 heterocycles. The molecule has 0 spiro atoms. The van der Waals surface area contributed by atoms with E-state index in [9.17, 15) is 4.79 Å². The maximum atomic E-state index is 13.0. The van der Waals surface area contributed by atoms with E-state index in [1.165, 1.54) is 36.8 Å². The Kier molecular flexibility index (Phi) is 6.84. The summed E-state index contributed by atoms with van der Waals surface area (Å²) in [5.41, 5.74) is 6.54. The maximum absolute atomic E-state index is 13.0. The van der Waals surface area contributed by atoms with E-state index < -0.39 is 0 Å². The van der Waals surface area contributed by atoms with Gasteiger partial charge >= 0.3 is 0 Å². The van der Waals surface area contributed by atoms with Gasteiger partial charge in [-0.1, -0.05) is 29.3 Å². The van der Waals surface area contributed by atoms with Crippen molar-refractivity contribution in [1.29, 1.82) is 0 Å². The van der Waals surface area contributed by atoms with Crippen LogP contribution >= 0.6 is 0 Å². The molecule has 1 aliphatic heterocycles. The highest BCUT2D eigenvalue weighted by Gasteiger charge is 2.29. The van der Waals surface area contributed by atoms with E-state index in [0.717, 1.165) is 66.1 Å². The van der Waals surface area contributed by atoms with Gasteiger partial charge in [0.25, 0.3) is 0 Å². The minimum Gasteiger partial charge on any atom is -0.355 e. The molecule has 1 unspecified atom stereocenters. The van der Waals surface area contributed by atoms with Crippen molar-refractivity contribution in [2.24, 2.45) is 5.92 Å². The molecular weight excluding hydrogens is 436 g/mol. The van der Waals surface area contributed by atoms with Gasteiger partial charge in [-0.3, -0.25) is 4.79 Å². The minimum absolute atomic E-state index is 0.0393. The molecule has 5 rings (SSSR count). The Labute approximate surface area is 207 Å². The van der Waals surface area contributed by atoms with Crippen molar-refractivity contribution in [2.75, 3.05) is 24.5 Å². The number of hydrogen-bond donors (Lipinski definition) is 1. The summed E-state index contributed by atoms with van der Waals surface area (Å²) in [7, 11) is 0. The second kappa shape index (κ2) is 10.2. The molecule has 1 aliphatic carbocycles. The van der Waals surface area contributed by atoms with Crippen molar-refractivity contribution in [3.8, 4) is 5.69 Å². The second-order valence-corrected chi connectivity index (χ2v) is 10.1. The molecule has 7 nitrogen and oxygen atoms in total. The van der Waals surface area contributed by atoms with Gasteiger partial charge in [-0.2, -0.15) is 10.2 Å². The topological polar surface area (TPSA) is 75.9 Å². The fourth-order valence-corrected chi connectivity index (χ4v) is 5.47. The largest absolute Gasteiger partial charge is 0.355 e. The normalized spacial score (nSPS) is 18.5. The number of carbonyl (C=O) groups excluding carboxylic acids is 1. The number of benzene rings is 1. The number of fused-ring (bicyclic) bond motifs is 1. The van der Waals surface area contributed by atoms with Crippen molar-refractivity contribution in [2.45, 2.75) is 65.7 Å². The molecule has 2 aromatic heterocycles. The van der Waals surface area contributed by atoms with E-state index in [2.05, 4.69) is 64.6 Å². The zero-order chi connectivity index (χ0) is 24.4.